The van der Waals surface area contributed by atoms with Crippen molar-refractivity contribution in [1.29, 1.82) is 0 Å². The molecule has 1 saturated carbocycles. The number of halogens is 2. The van der Waals surface area contributed by atoms with Crippen molar-refractivity contribution in [2.24, 2.45) is 0 Å². The average molecular weight is 498 g/mol. The number of aromatic nitrogens is 3. The lowest BCUT2D eigenvalue weighted by Gasteiger charge is -2.30. The Balaban J connectivity index is 1.87. The van der Waals surface area contributed by atoms with Crippen molar-refractivity contribution in [3.8, 4) is 5.69 Å². The molecule has 2 aromatic carbocycles. The topological polar surface area (TPSA) is 89.4 Å². The number of nitrogens with zero attached hydrogens (tertiary/aromatic N) is 2. The summed E-state index contributed by atoms with van der Waals surface area (Å²) in [4.78, 5) is 12.2. The Labute approximate surface area is 207 Å². The van der Waals surface area contributed by atoms with E-state index in [1.54, 1.807) is 19.4 Å². The van der Waals surface area contributed by atoms with Crippen LogP contribution in [0.4, 0.5) is 8.78 Å². The highest BCUT2D eigenvalue weighted by Crippen LogP contribution is 2.50. The molecule has 5 rings (SSSR count). The number of hydrogen-bond acceptors (Lipinski definition) is 4. The molecule has 190 valence electrons. The summed E-state index contributed by atoms with van der Waals surface area (Å²) in [6.07, 6.45) is 2.99. The molecule has 7 nitrogen and oxygen atoms in total. The van der Waals surface area contributed by atoms with Crippen molar-refractivity contribution in [2.75, 3.05) is 20.8 Å². The van der Waals surface area contributed by atoms with Gasteiger partial charge in [0, 0.05) is 47.9 Å². The van der Waals surface area contributed by atoms with Crippen LogP contribution in [-0.4, -0.2) is 52.3 Å². The SMILES string of the molecule is COCC(C)(C)c1c([C@@H]2CC[C@@](OC)(C(=O)O)C2)c2cc3[nH]ncc3cc2n1-c1ccc(F)c(F)c1. The molecule has 0 unspecified atom stereocenters. The fraction of sp³-hybridized carbons (Fsp3) is 0.407. The summed E-state index contributed by atoms with van der Waals surface area (Å²) in [5, 5.41) is 18.9. The number of methoxy groups -OCH3 is 2. The fourth-order valence-corrected chi connectivity index (χ4v) is 5.87. The maximum Gasteiger partial charge on any atom is 0.335 e. The zero-order chi connectivity index (χ0) is 25.8. The third kappa shape index (κ3) is 3.69. The van der Waals surface area contributed by atoms with Crippen LogP contribution >= 0.6 is 0 Å². The molecule has 0 spiro atoms. The Bertz CT molecular complexity index is 1470. The Morgan fingerprint density at radius 1 is 1.25 bits per heavy atom. The molecule has 2 atom stereocenters. The third-order valence-electron chi connectivity index (χ3n) is 7.54. The van der Waals surface area contributed by atoms with Gasteiger partial charge in [-0.15, -0.1) is 0 Å². The molecule has 1 fully saturated rings. The maximum atomic E-state index is 14.5. The molecule has 2 aromatic heterocycles. The van der Waals surface area contributed by atoms with E-state index >= 15 is 0 Å². The third-order valence-corrected chi connectivity index (χ3v) is 7.54. The molecule has 9 heteroatoms. The lowest BCUT2D eigenvalue weighted by Crippen LogP contribution is -2.38. The van der Waals surface area contributed by atoms with E-state index in [0.29, 0.717) is 31.6 Å². The van der Waals surface area contributed by atoms with Gasteiger partial charge in [0.25, 0.3) is 0 Å². The van der Waals surface area contributed by atoms with Gasteiger partial charge in [-0.05, 0) is 55.0 Å². The number of aromatic amines is 1. The summed E-state index contributed by atoms with van der Waals surface area (Å²) in [6, 6.07) is 7.84. The van der Waals surface area contributed by atoms with Crippen molar-refractivity contribution in [3.63, 3.8) is 0 Å². The molecule has 0 saturated heterocycles. The van der Waals surface area contributed by atoms with Gasteiger partial charge in [-0.25, -0.2) is 13.6 Å². The quantitative estimate of drug-likeness (QED) is 0.355. The van der Waals surface area contributed by atoms with Crippen LogP contribution in [0.5, 0.6) is 0 Å². The highest BCUT2D eigenvalue weighted by molar-refractivity contribution is 5.99. The second-order valence-corrected chi connectivity index (χ2v) is 10.3. The van der Waals surface area contributed by atoms with Crippen LogP contribution in [0.15, 0.2) is 36.5 Å². The van der Waals surface area contributed by atoms with Crippen LogP contribution in [0.2, 0.25) is 0 Å². The molecule has 1 aliphatic rings. The number of carbonyl (C=O) groups is 1. The van der Waals surface area contributed by atoms with Crippen LogP contribution in [0.25, 0.3) is 27.5 Å². The zero-order valence-electron chi connectivity index (χ0n) is 20.7. The number of carboxylic acids is 1. The number of benzene rings is 2. The summed E-state index contributed by atoms with van der Waals surface area (Å²) in [5.74, 6) is -2.99. The second kappa shape index (κ2) is 8.67. The molecule has 2 heterocycles. The van der Waals surface area contributed by atoms with Gasteiger partial charge in [0.2, 0.25) is 0 Å². The van der Waals surface area contributed by atoms with E-state index in [-0.39, 0.29) is 5.92 Å². The Hall–Kier alpha value is -3.30. The van der Waals surface area contributed by atoms with Gasteiger partial charge in [-0.3, -0.25) is 5.10 Å². The smallest absolute Gasteiger partial charge is 0.335 e. The van der Waals surface area contributed by atoms with Crippen LogP contribution in [-0.2, 0) is 19.7 Å². The van der Waals surface area contributed by atoms with Crippen LogP contribution in [0.3, 0.4) is 0 Å². The molecule has 0 bridgehead atoms. The van der Waals surface area contributed by atoms with Gasteiger partial charge in [0.05, 0.1) is 23.8 Å². The summed E-state index contributed by atoms with van der Waals surface area (Å²) in [6.45, 7) is 4.43. The molecule has 0 radical (unpaired) electrons. The minimum absolute atomic E-state index is 0.137. The first kappa shape index (κ1) is 24.4. The van der Waals surface area contributed by atoms with E-state index in [1.807, 2.05) is 30.5 Å². The highest BCUT2D eigenvalue weighted by atomic mass is 19.2. The minimum Gasteiger partial charge on any atom is -0.479 e. The van der Waals surface area contributed by atoms with Crippen molar-refractivity contribution >= 4 is 27.8 Å². The summed E-state index contributed by atoms with van der Waals surface area (Å²) >= 11 is 0. The van der Waals surface area contributed by atoms with Gasteiger partial charge in [0.1, 0.15) is 0 Å². The van der Waals surface area contributed by atoms with Gasteiger partial charge in [-0.1, -0.05) is 13.8 Å². The number of nitrogens with one attached hydrogen (secondary N) is 1. The largest absolute Gasteiger partial charge is 0.479 e. The lowest BCUT2D eigenvalue weighted by atomic mass is 9.81. The van der Waals surface area contributed by atoms with E-state index in [0.717, 1.165) is 39.1 Å². The van der Waals surface area contributed by atoms with Crippen LogP contribution in [0, 0.1) is 11.6 Å². The van der Waals surface area contributed by atoms with E-state index in [9.17, 15) is 18.7 Å². The Morgan fingerprint density at radius 2 is 2.03 bits per heavy atom. The molecular weight excluding hydrogens is 468 g/mol. The predicted molar refractivity (Wildman–Crippen MR) is 132 cm³/mol. The van der Waals surface area contributed by atoms with Crippen LogP contribution in [0.1, 0.15) is 50.3 Å². The Morgan fingerprint density at radius 3 is 2.67 bits per heavy atom. The molecule has 36 heavy (non-hydrogen) atoms. The second-order valence-electron chi connectivity index (χ2n) is 10.3. The van der Waals surface area contributed by atoms with E-state index in [4.69, 9.17) is 9.47 Å². The molecule has 0 amide bonds. The number of H-pyrrole nitrogens is 1. The van der Waals surface area contributed by atoms with Gasteiger partial charge >= 0.3 is 5.97 Å². The monoisotopic (exact) mass is 497 g/mol. The Kier molecular flexibility index (Phi) is 5.88. The van der Waals surface area contributed by atoms with Crippen molar-refractivity contribution < 1.29 is 28.2 Å². The molecule has 1 aliphatic carbocycles. The lowest BCUT2D eigenvalue weighted by molar-refractivity contribution is -0.161. The molecule has 4 aromatic rings. The maximum absolute atomic E-state index is 14.5. The number of hydrogen-bond donors (Lipinski definition) is 2. The molecule has 2 N–H and O–H groups in total. The average Bonchev–Trinajstić information content (AvgIpc) is 3.55. The fourth-order valence-electron chi connectivity index (χ4n) is 5.87. The predicted octanol–water partition coefficient (Wildman–Crippen LogP) is 5.45. The number of aliphatic carboxylic acids is 1. The number of rotatable bonds is 7. The number of ether oxygens (including phenoxy) is 2. The first-order valence-electron chi connectivity index (χ1n) is 11.9. The van der Waals surface area contributed by atoms with E-state index in [2.05, 4.69) is 10.2 Å². The number of carboxylic acid groups (broad SMARTS) is 1. The minimum atomic E-state index is -1.28. The summed E-state index contributed by atoms with van der Waals surface area (Å²) in [5.41, 5.74) is 2.11. The standard InChI is InChI=1S/C27H29F2N3O4/c1-26(2,14-35-3)24-23(15-7-8-27(12-15,36-4)25(33)34)18-11-21-16(13-30-31-21)9-22(18)32(24)17-5-6-19(28)20(29)10-17/h5-6,9-11,13,15H,7-8,12,14H2,1-4H3,(H,30,31)(H,33,34)/t15-,27+/m1/s1. The van der Waals surface area contributed by atoms with Gasteiger partial charge < -0.3 is 19.1 Å². The molecular formula is C27H29F2N3O4. The van der Waals surface area contributed by atoms with Crippen LogP contribution < -0.4 is 0 Å². The highest BCUT2D eigenvalue weighted by Gasteiger charge is 2.48. The van der Waals surface area contributed by atoms with E-state index in [1.165, 1.54) is 13.2 Å². The summed E-state index contributed by atoms with van der Waals surface area (Å²) < 4.78 is 41.5. The van der Waals surface area contributed by atoms with Crippen molar-refractivity contribution in [2.45, 2.75) is 50.0 Å². The van der Waals surface area contributed by atoms with Crippen molar-refractivity contribution in [3.05, 3.63) is 59.4 Å². The summed E-state index contributed by atoms with van der Waals surface area (Å²) in [7, 11) is 3.06. The normalized spacial score (nSPS) is 20.6. The van der Waals surface area contributed by atoms with Crippen molar-refractivity contribution in [1.82, 2.24) is 14.8 Å². The van der Waals surface area contributed by atoms with Gasteiger partial charge in [0.15, 0.2) is 17.2 Å². The zero-order valence-corrected chi connectivity index (χ0v) is 20.7. The molecule has 0 aliphatic heterocycles. The number of fused-ring (bicyclic) bond motifs is 2. The first-order valence-corrected chi connectivity index (χ1v) is 11.9. The van der Waals surface area contributed by atoms with E-state index < -0.39 is 28.6 Å². The first-order chi connectivity index (χ1) is 17.1. The van der Waals surface area contributed by atoms with Gasteiger partial charge in [-0.2, -0.15) is 5.10 Å².